The van der Waals surface area contributed by atoms with Crippen LogP contribution in [0.15, 0.2) is 43.0 Å². The molecule has 1 aromatic rings. The molecule has 0 radical (unpaired) electrons. The maximum absolute atomic E-state index is 3.86. The van der Waals surface area contributed by atoms with E-state index in [4.69, 9.17) is 0 Å². The highest BCUT2D eigenvalue weighted by Crippen LogP contribution is 2.20. The molecule has 0 spiro atoms. The Morgan fingerprint density at radius 2 is 2.06 bits per heavy atom. The first kappa shape index (κ1) is 13.9. The fourth-order valence-corrected chi connectivity index (χ4v) is 2.15. The zero-order valence-corrected chi connectivity index (χ0v) is 11.0. The van der Waals surface area contributed by atoms with Crippen LogP contribution in [0.4, 0.5) is 0 Å². The Bertz CT molecular complexity index is 308. The summed E-state index contributed by atoms with van der Waals surface area (Å²) in [6.07, 6.45) is 3.15. The summed E-state index contributed by atoms with van der Waals surface area (Å²) in [5.74, 6) is 0. The molecule has 0 aliphatic heterocycles. The number of likely N-dealkylation sites (N-methyl/N-ethyl adjacent to an activating group) is 1. The van der Waals surface area contributed by atoms with Crippen LogP contribution in [0.3, 0.4) is 0 Å². The van der Waals surface area contributed by atoms with E-state index in [1.54, 1.807) is 0 Å². The third kappa shape index (κ3) is 4.33. The van der Waals surface area contributed by atoms with E-state index >= 15 is 0 Å². The highest BCUT2D eigenvalue weighted by Gasteiger charge is 2.17. The summed E-state index contributed by atoms with van der Waals surface area (Å²) < 4.78 is 0. The molecule has 0 saturated heterocycles. The lowest BCUT2D eigenvalue weighted by Crippen LogP contribution is -2.35. The Morgan fingerprint density at radius 1 is 1.35 bits per heavy atom. The highest BCUT2D eigenvalue weighted by atomic mass is 15.2. The zero-order chi connectivity index (χ0) is 12.5. The lowest BCUT2D eigenvalue weighted by atomic mass is 10.0. The molecule has 1 unspecified atom stereocenters. The highest BCUT2D eigenvalue weighted by molar-refractivity contribution is 5.19. The summed E-state index contributed by atoms with van der Waals surface area (Å²) in [5, 5.41) is 3.29. The van der Waals surface area contributed by atoms with Gasteiger partial charge in [-0.15, -0.1) is 6.58 Å². The predicted octanol–water partition coefficient (Wildman–Crippen LogP) is 2.85. The molecule has 0 aliphatic rings. The van der Waals surface area contributed by atoms with Crippen molar-refractivity contribution in [3.63, 3.8) is 0 Å². The lowest BCUT2D eigenvalue weighted by Gasteiger charge is -2.31. The van der Waals surface area contributed by atoms with Gasteiger partial charge in [-0.2, -0.15) is 0 Å². The third-order valence-electron chi connectivity index (χ3n) is 2.90. The van der Waals surface area contributed by atoms with Gasteiger partial charge in [-0.1, -0.05) is 43.3 Å². The van der Waals surface area contributed by atoms with Gasteiger partial charge in [-0.05, 0) is 25.6 Å². The van der Waals surface area contributed by atoms with E-state index in [1.807, 2.05) is 13.1 Å². The number of hydrogen-bond acceptors (Lipinski definition) is 2. The third-order valence-corrected chi connectivity index (χ3v) is 2.90. The fourth-order valence-electron chi connectivity index (χ4n) is 2.15. The van der Waals surface area contributed by atoms with Crippen molar-refractivity contribution < 1.29 is 0 Å². The molecule has 0 fully saturated rings. The Kier molecular flexibility index (Phi) is 6.60. The first-order chi connectivity index (χ1) is 8.33. The second-order valence-corrected chi connectivity index (χ2v) is 4.27. The van der Waals surface area contributed by atoms with E-state index in [9.17, 15) is 0 Å². The Balaban J connectivity index is 2.85. The fraction of sp³-hybridized carbons (Fsp3) is 0.467. The van der Waals surface area contributed by atoms with E-state index in [0.717, 1.165) is 19.6 Å². The lowest BCUT2D eigenvalue weighted by molar-refractivity contribution is 0.216. The molecule has 1 rings (SSSR count). The minimum Gasteiger partial charge on any atom is -0.318 e. The van der Waals surface area contributed by atoms with E-state index in [1.165, 1.54) is 12.0 Å². The molecule has 1 aromatic carbocycles. The van der Waals surface area contributed by atoms with Crippen molar-refractivity contribution in [1.29, 1.82) is 0 Å². The average Bonchev–Trinajstić information content (AvgIpc) is 2.37. The van der Waals surface area contributed by atoms with Crippen LogP contribution in [0, 0.1) is 0 Å². The minimum atomic E-state index is 0.430. The van der Waals surface area contributed by atoms with Crippen LogP contribution >= 0.6 is 0 Å². The van der Waals surface area contributed by atoms with Crippen molar-refractivity contribution >= 4 is 0 Å². The molecule has 0 heterocycles. The summed E-state index contributed by atoms with van der Waals surface area (Å²) in [7, 11) is 2.01. The van der Waals surface area contributed by atoms with Crippen molar-refractivity contribution in [3.8, 4) is 0 Å². The van der Waals surface area contributed by atoms with Gasteiger partial charge in [0.25, 0.3) is 0 Å². The zero-order valence-electron chi connectivity index (χ0n) is 11.0. The van der Waals surface area contributed by atoms with Crippen molar-refractivity contribution in [1.82, 2.24) is 10.2 Å². The molecule has 94 valence electrons. The van der Waals surface area contributed by atoms with Crippen molar-refractivity contribution in [2.75, 3.05) is 26.7 Å². The maximum atomic E-state index is 3.86. The smallest absolute Gasteiger partial charge is 0.0475 e. The van der Waals surface area contributed by atoms with E-state index in [-0.39, 0.29) is 0 Å². The van der Waals surface area contributed by atoms with Crippen LogP contribution in [0.5, 0.6) is 0 Å². The van der Waals surface area contributed by atoms with Crippen molar-refractivity contribution in [2.45, 2.75) is 19.4 Å². The van der Waals surface area contributed by atoms with Crippen LogP contribution in [0.25, 0.3) is 0 Å². The van der Waals surface area contributed by atoms with E-state index < -0.39 is 0 Å². The van der Waals surface area contributed by atoms with Crippen LogP contribution in [0.1, 0.15) is 24.9 Å². The van der Waals surface area contributed by atoms with Gasteiger partial charge in [0.05, 0.1) is 0 Å². The standard InChI is InChI=1S/C15H24N2/c1-4-11-17(12-5-2)15(13-16-3)14-9-7-6-8-10-14/h4,6-10,15-16H,1,5,11-13H2,2-3H3. The number of rotatable bonds is 8. The quantitative estimate of drug-likeness (QED) is 0.693. The molecule has 2 nitrogen and oxygen atoms in total. The topological polar surface area (TPSA) is 15.3 Å². The van der Waals surface area contributed by atoms with Gasteiger partial charge >= 0.3 is 0 Å². The first-order valence-corrected chi connectivity index (χ1v) is 6.38. The van der Waals surface area contributed by atoms with E-state index in [2.05, 4.69) is 54.1 Å². The van der Waals surface area contributed by atoms with Gasteiger partial charge in [0.1, 0.15) is 0 Å². The number of nitrogens with one attached hydrogen (secondary N) is 1. The number of hydrogen-bond donors (Lipinski definition) is 1. The second-order valence-electron chi connectivity index (χ2n) is 4.27. The summed E-state index contributed by atoms with van der Waals surface area (Å²) >= 11 is 0. The summed E-state index contributed by atoms with van der Waals surface area (Å²) in [4.78, 5) is 2.47. The number of benzene rings is 1. The van der Waals surface area contributed by atoms with Gasteiger partial charge in [0.2, 0.25) is 0 Å². The molecule has 17 heavy (non-hydrogen) atoms. The molecule has 0 aromatic heterocycles. The van der Waals surface area contributed by atoms with Gasteiger partial charge in [-0.3, -0.25) is 4.90 Å². The van der Waals surface area contributed by atoms with Gasteiger partial charge in [-0.25, -0.2) is 0 Å². The Hall–Kier alpha value is -1.12. The van der Waals surface area contributed by atoms with Crippen LogP contribution in [-0.2, 0) is 0 Å². The molecular weight excluding hydrogens is 208 g/mol. The minimum absolute atomic E-state index is 0.430. The molecule has 1 N–H and O–H groups in total. The second kappa shape index (κ2) is 8.04. The monoisotopic (exact) mass is 232 g/mol. The number of nitrogens with zero attached hydrogens (tertiary/aromatic N) is 1. The Morgan fingerprint density at radius 3 is 2.59 bits per heavy atom. The van der Waals surface area contributed by atoms with Crippen LogP contribution in [-0.4, -0.2) is 31.6 Å². The van der Waals surface area contributed by atoms with Gasteiger partial charge in [0.15, 0.2) is 0 Å². The molecule has 2 heteroatoms. The summed E-state index contributed by atoms with van der Waals surface area (Å²) in [5.41, 5.74) is 1.37. The van der Waals surface area contributed by atoms with Crippen LogP contribution in [0.2, 0.25) is 0 Å². The van der Waals surface area contributed by atoms with Gasteiger partial charge in [0, 0.05) is 19.1 Å². The van der Waals surface area contributed by atoms with Gasteiger partial charge < -0.3 is 5.32 Å². The first-order valence-electron chi connectivity index (χ1n) is 6.38. The Labute approximate surface area is 105 Å². The largest absolute Gasteiger partial charge is 0.318 e. The maximum Gasteiger partial charge on any atom is 0.0475 e. The van der Waals surface area contributed by atoms with Crippen LogP contribution < -0.4 is 5.32 Å². The molecule has 0 saturated carbocycles. The van der Waals surface area contributed by atoms with E-state index in [0.29, 0.717) is 6.04 Å². The molecule has 1 atom stereocenters. The predicted molar refractivity (Wildman–Crippen MR) is 75.2 cm³/mol. The molecular formula is C15H24N2. The molecule has 0 aliphatic carbocycles. The SMILES string of the molecule is C=CCN(CCC)C(CNC)c1ccccc1. The normalized spacial score (nSPS) is 12.6. The van der Waals surface area contributed by atoms with Crippen molar-refractivity contribution in [2.24, 2.45) is 0 Å². The summed E-state index contributed by atoms with van der Waals surface area (Å²) in [6, 6.07) is 11.1. The molecule has 0 amide bonds. The van der Waals surface area contributed by atoms with Crippen molar-refractivity contribution in [3.05, 3.63) is 48.6 Å². The summed E-state index contributed by atoms with van der Waals surface area (Å²) in [6.45, 7) is 9.09. The molecule has 0 bridgehead atoms. The average molecular weight is 232 g/mol.